The van der Waals surface area contributed by atoms with Crippen molar-refractivity contribution in [2.75, 3.05) is 0 Å². The summed E-state index contributed by atoms with van der Waals surface area (Å²) in [5.41, 5.74) is 8.60. The number of rotatable bonds is 4. The molecule has 2 heterocycles. The van der Waals surface area contributed by atoms with Crippen molar-refractivity contribution in [1.82, 2.24) is 9.97 Å². The largest absolute Gasteiger partial charge is 0.455 e. The summed E-state index contributed by atoms with van der Waals surface area (Å²) in [5, 5.41) is 12.4. The van der Waals surface area contributed by atoms with Gasteiger partial charge in [0.25, 0.3) is 0 Å². The molecule has 4 nitrogen and oxygen atoms in total. The Morgan fingerprint density at radius 3 is 2.23 bits per heavy atom. The minimum absolute atomic E-state index is 0.514. The van der Waals surface area contributed by atoms with Gasteiger partial charge >= 0.3 is 0 Å². The molecule has 4 heteroatoms. The van der Waals surface area contributed by atoms with Gasteiger partial charge in [0, 0.05) is 27.5 Å². The van der Waals surface area contributed by atoms with Crippen LogP contribution in [0.2, 0.25) is 0 Å². The van der Waals surface area contributed by atoms with Crippen LogP contribution in [0.25, 0.3) is 61.3 Å². The SMILES string of the molecule is N#Cc1c(C2=CC=CCC2)nc(-c2ccc(-c3cccc4c3oc3ccccc34)cc2)nc1-c1ccccc1. The van der Waals surface area contributed by atoms with Crippen LogP contribution in [-0.4, -0.2) is 9.97 Å². The van der Waals surface area contributed by atoms with Crippen molar-refractivity contribution in [3.63, 3.8) is 0 Å². The number of allylic oxidation sites excluding steroid dienone is 4. The first-order chi connectivity index (χ1) is 19.3. The Morgan fingerprint density at radius 2 is 1.44 bits per heavy atom. The molecule has 39 heavy (non-hydrogen) atoms. The summed E-state index contributed by atoms with van der Waals surface area (Å²) in [7, 11) is 0. The predicted octanol–water partition coefficient (Wildman–Crippen LogP) is 8.98. The van der Waals surface area contributed by atoms with Gasteiger partial charge in [0.15, 0.2) is 5.82 Å². The highest BCUT2D eigenvalue weighted by molar-refractivity contribution is 6.09. The Kier molecular flexibility index (Phi) is 5.61. The molecule has 0 unspecified atom stereocenters. The van der Waals surface area contributed by atoms with Crippen LogP contribution in [0.3, 0.4) is 0 Å². The summed E-state index contributed by atoms with van der Waals surface area (Å²) in [6.07, 6.45) is 8.01. The quantitative estimate of drug-likeness (QED) is 0.242. The number of aromatic nitrogens is 2. The van der Waals surface area contributed by atoms with Gasteiger partial charge in [-0.1, -0.05) is 109 Å². The molecule has 0 saturated heterocycles. The van der Waals surface area contributed by atoms with Crippen LogP contribution in [0.4, 0.5) is 0 Å². The fraction of sp³-hybridized carbons (Fsp3) is 0.0571. The molecule has 7 rings (SSSR count). The topological polar surface area (TPSA) is 62.7 Å². The highest BCUT2D eigenvalue weighted by atomic mass is 16.3. The molecule has 0 fully saturated rings. The van der Waals surface area contributed by atoms with E-state index in [4.69, 9.17) is 14.4 Å². The first kappa shape index (κ1) is 22.9. The van der Waals surface area contributed by atoms with E-state index in [0.29, 0.717) is 22.8 Å². The second kappa shape index (κ2) is 9.55. The van der Waals surface area contributed by atoms with Gasteiger partial charge in [-0.25, -0.2) is 9.97 Å². The van der Waals surface area contributed by atoms with E-state index < -0.39 is 0 Å². The van der Waals surface area contributed by atoms with Crippen LogP contribution < -0.4 is 0 Å². The fourth-order valence-electron chi connectivity index (χ4n) is 5.31. The average molecular weight is 502 g/mol. The third kappa shape index (κ3) is 4.02. The van der Waals surface area contributed by atoms with E-state index in [-0.39, 0.29) is 0 Å². The predicted molar refractivity (Wildman–Crippen MR) is 157 cm³/mol. The number of fused-ring (bicyclic) bond motifs is 3. The van der Waals surface area contributed by atoms with Crippen LogP contribution in [0.15, 0.2) is 120 Å². The minimum atomic E-state index is 0.514. The summed E-state index contributed by atoms with van der Waals surface area (Å²) in [6, 6.07) is 34.9. The lowest BCUT2D eigenvalue weighted by atomic mass is 9.95. The molecule has 0 aliphatic heterocycles. The van der Waals surface area contributed by atoms with Crippen LogP contribution >= 0.6 is 0 Å². The second-order valence-electron chi connectivity index (χ2n) is 9.61. The smallest absolute Gasteiger partial charge is 0.160 e. The zero-order valence-electron chi connectivity index (χ0n) is 21.1. The second-order valence-corrected chi connectivity index (χ2v) is 9.61. The van der Waals surface area contributed by atoms with Gasteiger partial charge in [-0.15, -0.1) is 0 Å². The molecular formula is C35H23N3O. The minimum Gasteiger partial charge on any atom is -0.455 e. The normalized spacial score (nSPS) is 12.9. The van der Waals surface area contributed by atoms with Crippen LogP contribution in [0, 0.1) is 11.3 Å². The monoisotopic (exact) mass is 501 g/mol. The molecule has 0 radical (unpaired) electrons. The van der Waals surface area contributed by atoms with Crippen molar-refractivity contribution in [2.45, 2.75) is 12.8 Å². The average Bonchev–Trinajstić information content (AvgIpc) is 3.40. The molecule has 2 aromatic heterocycles. The summed E-state index contributed by atoms with van der Waals surface area (Å²) < 4.78 is 6.26. The Labute approximate surface area is 226 Å². The van der Waals surface area contributed by atoms with Crippen molar-refractivity contribution in [3.05, 3.63) is 127 Å². The number of hydrogen-bond donors (Lipinski definition) is 0. The molecule has 0 N–H and O–H groups in total. The fourth-order valence-corrected chi connectivity index (χ4v) is 5.31. The maximum absolute atomic E-state index is 10.2. The number of nitrogens with zero attached hydrogens (tertiary/aromatic N) is 3. The zero-order valence-corrected chi connectivity index (χ0v) is 21.1. The van der Waals surface area contributed by atoms with Crippen LogP contribution in [-0.2, 0) is 0 Å². The Balaban J connectivity index is 1.36. The number of hydrogen-bond acceptors (Lipinski definition) is 4. The summed E-state index contributed by atoms with van der Waals surface area (Å²) >= 11 is 0. The van der Waals surface area contributed by atoms with E-state index in [0.717, 1.165) is 62.6 Å². The number of benzene rings is 4. The molecule has 0 bridgehead atoms. The molecular weight excluding hydrogens is 478 g/mol. The lowest BCUT2D eigenvalue weighted by Crippen LogP contribution is -2.04. The third-order valence-electron chi connectivity index (χ3n) is 7.24. The zero-order chi connectivity index (χ0) is 26.2. The highest BCUT2D eigenvalue weighted by Gasteiger charge is 2.20. The van der Waals surface area contributed by atoms with Crippen molar-refractivity contribution < 1.29 is 4.42 Å². The van der Waals surface area contributed by atoms with Crippen LogP contribution in [0.5, 0.6) is 0 Å². The van der Waals surface area contributed by atoms with E-state index in [1.54, 1.807) is 0 Å². The summed E-state index contributed by atoms with van der Waals surface area (Å²) in [4.78, 5) is 9.87. The Bertz CT molecular complexity index is 1960. The lowest BCUT2D eigenvalue weighted by Gasteiger charge is -2.15. The maximum atomic E-state index is 10.2. The maximum Gasteiger partial charge on any atom is 0.160 e. The Morgan fingerprint density at radius 1 is 0.692 bits per heavy atom. The van der Waals surface area contributed by atoms with E-state index >= 15 is 0 Å². The molecule has 0 atom stereocenters. The summed E-state index contributed by atoms with van der Waals surface area (Å²) in [6.45, 7) is 0. The molecule has 4 aromatic carbocycles. The van der Waals surface area contributed by atoms with Gasteiger partial charge in [-0.05, 0) is 30.0 Å². The van der Waals surface area contributed by atoms with Crippen molar-refractivity contribution in [2.24, 2.45) is 0 Å². The van der Waals surface area contributed by atoms with Crippen molar-refractivity contribution in [1.29, 1.82) is 5.26 Å². The van der Waals surface area contributed by atoms with E-state index in [1.807, 2.05) is 66.7 Å². The highest BCUT2D eigenvalue weighted by Crippen LogP contribution is 2.37. The van der Waals surface area contributed by atoms with Gasteiger partial charge in [-0.3, -0.25) is 0 Å². The summed E-state index contributed by atoms with van der Waals surface area (Å²) in [5.74, 6) is 0.604. The molecule has 1 aliphatic rings. The van der Waals surface area contributed by atoms with Gasteiger partial charge in [0.2, 0.25) is 0 Å². The molecule has 0 saturated carbocycles. The first-order valence-electron chi connectivity index (χ1n) is 13.0. The van der Waals surface area contributed by atoms with E-state index in [1.165, 1.54) is 0 Å². The third-order valence-corrected chi connectivity index (χ3v) is 7.24. The standard InChI is InChI=1S/C35H23N3O/c36-22-30-32(24-10-3-1-4-11-24)37-35(38-33(30)25-12-5-2-6-13-25)26-20-18-23(19-21-26)27-15-9-16-29-28-14-7-8-17-31(28)39-34(27)29/h1-5,7-12,14-21H,6,13H2. The first-order valence-corrected chi connectivity index (χ1v) is 13.0. The van der Waals surface area contributed by atoms with Crippen molar-refractivity contribution in [3.8, 4) is 39.8 Å². The molecule has 184 valence electrons. The van der Waals surface area contributed by atoms with Crippen LogP contribution in [0.1, 0.15) is 24.1 Å². The van der Waals surface area contributed by atoms with E-state index in [2.05, 4.69) is 54.6 Å². The number of nitriles is 1. The van der Waals surface area contributed by atoms with Crippen molar-refractivity contribution >= 4 is 27.5 Å². The lowest BCUT2D eigenvalue weighted by molar-refractivity contribution is 0.670. The van der Waals surface area contributed by atoms with Gasteiger partial charge in [0.1, 0.15) is 22.8 Å². The van der Waals surface area contributed by atoms with Gasteiger partial charge in [0.05, 0.1) is 11.4 Å². The number of para-hydroxylation sites is 2. The Hall–Kier alpha value is -5.27. The van der Waals surface area contributed by atoms with Gasteiger partial charge < -0.3 is 4.42 Å². The van der Waals surface area contributed by atoms with E-state index in [9.17, 15) is 5.26 Å². The molecule has 6 aromatic rings. The molecule has 0 spiro atoms. The van der Waals surface area contributed by atoms with Gasteiger partial charge in [-0.2, -0.15) is 5.26 Å². The molecule has 0 amide bonds. The number of furan rings is 1. The molecule has 1 aliphatic carbocycles.